The Kier molecular flexibility index (Phi) is 5.50. The lowest BCUT2D eigenvalue weighted by Crippen LogP contribution is -2.14. The third kappa shape index (κ3) is 4.18. The minimum absolute atomic E-state index is 0.0669. The highest BCUT2D eigenvalue weighted by Gasteiger charge is 2.19. The predicted molar refractivity (Wildman–Crippen MR) is 117 cm³/mol. The lowest BCUT2D eigenvalue weighted by Gasteiger charge is -2.07. The second-order valence-corrected chi connectivity index (χ2v) is 7.14. The molecule has 0 radical (unpaired) electrons. The molecule has 1 amide bonds. The van der Waals surface area contributed by atoms with Crippen molar-refractivity contribution in [3.8, 4) is 22.8 Å². The molecule has 0 saturated carbocycles. The van der Waals surface area contributed by atoms with Crippen LogP contribution in [0, 0.1) is 6.92 Å². The van der Waals surface area contributed by atoms with Crippen LogP contribution in [0.4, 0.5) is 5.69 Å². The van der Waals surface area contributed by atoms with Crippen molar-refractivity contribution < 1.29 is 9.53 Å². The van der Waals surface area contributed by atoms with E-state index in [2.05, 4.69) is 15.4 Å². The van der Waals surface area contributed by atoms with Crippen LogP contribution in [0.2, 0.25) is 5.02 Å². The first-order chi connectivity index (χ1) is 14.5. The molecule has 30 heavy (non-hydrogen) atoms. The Hall–Kier alpha value is -3.64. The van der Waals surface area contributed by atoms with Crippen molar-refractivity contribution in [3.05, 3.63) is 89.2 Å². The summed E-state index contributed by atoms with van der Waals surface area (Å²) in [7, 11) is 1.61. The first-order valence-corrected chi connectivity index (χ1v) is 9.67. The van der Waals surface area contributed by atoms with Gasteiger partial charge in [-0.25, -0.2) is 9.67 Å². The number of nitrogens with zero attached hydrogens (tertiary/aromatic N) is 3. The number of anilines is 1. The molecule has 6 nitrogen and oxygen atoms in total. The number of halogens is 1. The van der Waals surface area contributed by atoms with Crippen molar-refractivity contribution in [1.82, 2.24) is 14.8 Å². The van der Waals surface area contributed by atoms with E-state index in [1.807, 2.05) is 55.5 Å². The maximum atomic E-state index is 12.8. The van der Waals surface area contributed by atoms with Crippen LogP contribution in [0.1, 0.15) is 16.2 Å². The SMILES string of the molecule is COc1ccc(-n2nc(C(=O)Nc3ccc(Cl)cc3)nc2-c2cccc(C)c2)cc1. The fraction of sp³-hybridized carbons (Fsp3) is 0.0870. The molecule has 0 atom stereocenters. The average Bonchev–Trinajstić information content (AvgIpc) is 3.21. The molecule has 0 aliphatic rings. The maximum Gasteiger partial charge on any atom is 0.295 e. The summed E-state index contributed by atoms with van der Waals surface area (Å²) < 4.78 is 6.89. The van der Waals surface area contributed by atoms with E-state index in [0.717, 1.165) is 22.6 Å². The molecule has 7 heteroatoms. The van der Waals surface area contributed by atoms with Gasteiger partial charge in [0.1, 0.15) is 5.75 Å². The van der Waals surface area contributed by atoms with Crippen molar-refractivity contribution in [3.63, 3.8) is 0 Å². The Morgan fingerprint density at radius 2 is 1.77 bits per heavy atom. The molecule has 1 aromatic heterocycles. The first-order valence-electron chi connectivity index (χ1n) is 9.29. The van der Waals surface area contributed by atoms with Crippen molar-refractivity contribution in [2.45, 2.75) is 6.92 Å². The molecule has 0 unspecified atom stereocenters. The van der Waals surface area contributed by atoms with Crippen LogP contribution in [-0.4, -0.2) is 27.8 Å². The van der Waals surface area contributed by atoms with E-state index in [9.17, 15) is 4.79 Å². The highest BCUT2D eigenvalue weighted by Crippen LogP contribution is 2.24. The van der Waals surface area contributed by atoms with Crippen LogP contribution in [-0.2, 0) is 0 Å². The van der Waals surface area contributed by atoms with Gasteiger partial charge in [-0.3, -0.25) is 4.79 Å². The highest BCUT2D eigenvalue weighted by molar-refractivity contribution is 6.30. The lowest BCUT2D eigenvalue weighted by molar-refractivity contribution is 0.101. The topological polar surface area (TPSA) is 69.0 Å². The number of nitrogens with one attached hydrogen (secondary N) is 1. The van der Waals surface area contributed by atoms with Gasteiger partial charge < -0.3 is 10.1 Å². The summed E-state index contributed by atoms with van der Waals surface area (Å²) in [4.78, 5) is 17.3. The predicted octanol–water partition coefficient (Wildman–Crippen LogP) is 5.16. The number of benzene rings is 3. The smallest absolute Gasteiger partial charge is 0.295 e. The molecule has 4 aromatic rings. The minimum atomic E-state index is -0.404. The van der Waals surface area contributed by atoms with E-state index in [0.29, 0.717) is 16.5 Å². The Bertz CT molecular complexity index is 1180. The third-order valence-electron chi connectivity index (χ3n) is 4.51. The standard InChI is InChI=1S/C23H19ClN4O2/c1-15-4-3-5-16(14-15)22-26-21(23(29)25-18-8-6-17(24)7-9-18)27-28(22)19-10-12-20(30-2)13-11-19/h3-14H,1-2H3,(H,25,29). The fourth-order valence-electron chi connectivity index (χ4n) is 3.00. The number of hydrogen-bond acceptors (Lipinski definition) is 4. The Labute approximate surface area is 179 Å². The fourth-order valence-corrected chi connectivity index (χ4v) is 3.13. The molecule has 0 spiro atoms. The molecular weight excluding hydrogens is 400 g/mol. The van der Waals surface area contributed by atoms with Crippen LogP contribution in [0.3, 0.4) is 0 Å². The summed E-state index contributed by atoms with van der Waals surface area (Å²) in [5.74, 6) is 0.970. The van der Waals surface area contributed by atoms with Crippen molar-refractivity contribution in [1.29, 1.82) is 0 Å². The molecule has 4 rings (SSSR count). The molecule has 150 valence electrons. The summed E-state index contributed by atoms with van der Waals surface area (Å²) in [5.41, 5.74) is 3.33. The van der Waals surface area contributed by atoms with Gasteiger partial charge in [-0.05, 0) is 61.5 Å². The van der Waals surface area contributed by atoms with E-state index < -0.39 is 5.91 Å². The molecule has 1 N–H and O–H groups in total. The van der Waals surface area contributed by atoms with Crippen molar-refractivity contribution in [2.24, 2.45) is 0 Å². The van der Waals surface area contributed by atoms with Gasteiger partial charge in [0.15, 0.2) is 5.82 Å². The largest absolute Gasteiger partial charge is 0.497 e. The summed E-state index contributed by atoms with van der Waals surface area (Å²) in [6.45, 7) is 2.01. The van der Waals surface area contributed by atoms with Gasteiger partial charge in [-0.1, -0.05) is 35.4 Å². The van der Waals surface area contributed by atoms with Crippen LogP contribution in [0.25, 0.3) is 17.1 Å². The summed E-state index contributed by atoms with van der Waals surface area (Å²) in [6.07, 6.45) is 0. The number of amides is 1. The summed E-state index contributed by atoms with van der Waals surface area (Å²) in [6, 6.07) is 22.2. The van der Waals surface area contributed by atoms with Crippen molar-refractivity contribution in [2.75, 3.05) is 12.4 Å². The number of carbonyl (C=O) groups is 1. The number of aromatic nitrogens is 3. The quantitative estimate of drug-likeness (QED) is 0.486. The molecule has 0 fully saturated rings. The Morgan fingerprint density at radius 1 is 1.03 bits per heavy atom. The molecule has 0 aliphatic carbocycles. The van der Waals surface area contributed by atoms with Gasteiger partial charge in [0.2, 0.25) is 5.82 Å². The van der Waals surface area contributed by atoms with Crippen LogP contribution < -0.4 is 10.1 Å². The normalized spacial score (nSPS) is 10.6. The first kappa shape index (κ1) is 19.7. The van der Waals surface area contributed by atoms with Gasteiger partial charge in [-0.2, -0.15) is 0 Å². The van der Waals surface area contributed by atoms with E-state index in [1.165, 1.54) is 0 Å². The van der Waals surface area contributed by atoms with Crippen LogP contribution in [0.15, 0.2) is 72.8 Å². The number of ether oxygens (including phenoxy) is 1. The van der Waals surface area contributed by atoms with E-state index in [4.69, 9.17) is 16.3 Å². The van der Waals surface area contributed by atoms with Gasteiger partial charge in [0.05, 0.1) is 12.8 Å². The number of hydrogen-bond donors (Lipinski definition) is 1. The Morgan fingerprint density at radius 3 is 2.43 bits per heavy atom. The number of rotatable bonds is 5. The van der Waals surface area contributed by atoms with Gasteiger partial charge in [0, 0.05) is 16.3 Å². The zero-order chi connectivity index (χ0) is 21.1. The van der Waals surface area contributed by atoms with Crippen LogP contribution >= 0.6 is 11.6 Å². The van der Waals surface area contributed by atoms with Crippen LogP contribution in [0.5, 0.6) is 5.75 Å². The molecule has 1 heterocycles. The monoisotopic (exact) mass is 418 g/mol. The zero-order valence-corrected chi connectivity index (χ0v) is 17.2. The number of aryl methyl sites for hydroxylation is 1. The van der Waals surface area contributed by atoms with E-state index in [-0.39, 0.29) is 5.82 Å². The second kappa shape index (κ2) is 8.39. The Balaban J connectivity index is 1.74. The molecule has 3 aromatic carbocycles. The van der Waals surface area contributed by atoms with E-state index in [1.54, 1.807) is 36.1 Å². The van der Waals surface area contributed by atoms with Gasteiger partial charge >= 0.3 is 0 Å². The minimum Gasteiger partial charge on any atom is -0.497 e. The lowest BCUT2D eigenvalue weighted by atomic mass is 10.1. The maximum absolute atomic E-state index is 12.8. The second-order valence-electron chi connectivity index (χ2n) is 6.70. The number of carbonyl (C=O) groups excluding carboxylic acids is 1. The molecule has 0 saturated heterocycles. The zero-order valence-electron chi connectivity index (χ0n) is 16.5. The molecule has 0 bridgehead atoms. The third-order valence-corrected chi connectivity index (χ3v) is 4.76. The van der Waals surface area contributed by atoms with Gasteiger partial charge in [0.25, 0.3) is 5.91 Å². The van der Waals surface area contributed by atoms with E-state index >= 15 is 0 Å². The van der Waals surface area contributed by atoms with Gasteiger partial charge in [-0.15, -0.1) is 5.10 Å². The summed E-state index contributed by atoms with van der Waals surface area (Å²) >= 11 is 5.91. The molecular formula is C23H19ClN4O2. The average molecular weight is 419 g/mol. The highest BCUT2D eigenvalue weighted by atomic mass is 35.5. The summed E-state index contributed by atoms with van der Waals surface area (Å²) in [5, 5.41) is 7.88. The van der Waals surface area contributed by atoms with Crippen molar-refractivity contribution >= 4 is 23.2 Å². The number of methoxy groups -OCH3 is 1. The molecule has 0 aliphatic heterocycles.